The number of halogens is 2. The summed E-state index contributed by atoms with van der Waals surface area (Å²) in [4.78, 5) is 12.4. The molecule has 0 aromatic heterocycles. The van der Waals surface area contributed by atoms with Gasteiger partial charge < -0.3 is 16.2 Å². The summed E-state index contributed by atoms with van der Waals surface area (Å²) in [6.07, 6.45) is 5.21. The van der Waals surface area contributed by atoms with Crippen molar-refractivity contribution in [1.29, 1.82) is 0 Å². The van der Waals surface area contributed by atoms with E-state index in [9.17, 15) is 9.90 Å². The van der Waals surface area contributed by atoms with Gasteiger partial charge in [-0.15, -0.1) is 12.4 Å². The number of fused-ring (bicyclic) bond motifs is 2. The second kappa shape index (κ2) is 7.07. The number of amides is 1. The molecule has 0 aliphatic heterocycles. The molecule has 122 valence electrons. The Morgan fingerprint density at radius 3 is 2.50 bits per heavy atom. The first-order valence-corrected chi connectivity index (χ1v) is 7.97. The van der Waals surface area contributed by atoms with Crippen molar-refractivity contribution in [2.45, 2.75) is 38.1 Å². The fourth-order valence-corrected chi connectivity index (χ4v) is 4.01. The molecule has 22 heavy (non-hydrogen) atoms. The highest BCUT2D eigenvalue weighted by atomic mass is 35.5. The maximum Gasteiger partial charge on any atom is 0.227 e. The Kier molecular flexibility index (Phi) is 5.59. The van der Waals surface area contributed by atoms with Crippen LogP contribution in [0.2, 0.25) is 5.02 Å². The third kappa shape index (κ3) is 3.50. The molecule has 4 nitrogen and oxygen atoms in total. The van der Waals surface area contributed by atoms with Gasteiger partial charge in [0.1, 0.15) is 5.75 Å². The normalized spacial score (nSPS) is 30.3. The van der Waals surface area contributed by atoms with Crippen LogP contribution in [0.25, 0.3) is 0 Å². The summed E-state index contributed by atoms with van der Waals surface area (Å²) in [5.41, 5.74) is 6.67. The summed E-state index contributed by atoms with van der Waals surface area (Å²) in [7, 11) is 0. The largest absolute Gasteiger partial charge is 0.506 e. The third-order valence-corrected chi connectivity index (χ3v) is 5.24. The van der Waals surface area contributed by atoms with Gasteiger partial charge in [-0.2, -0.15) is 0 Å². The number of nitrogens with two attached hydrogens (primary N) is 1. The van der Waals surface area contributed by atoms with E-state index in [2.05, 4.69) is 5.32 Å². The predicted octanol–water partition coefficient (Wildman–Crippen LogP) is 3.56. The molecule has 0 saturated heterocycles. The average Bonchev–Trinajstić information content (AvgIpc) is 2.41. The summed E-state index contributed by atoms with van der Waals surface area (Å²) < 4.78 is 0. The smallest absolute Gasteiger partial charge is 0.227 e. The summed E-state index contributed by atoms with van der Waals surface area (Å²) >= 11 is 5.80. The van der Waals surface area contributed by atoms with E-state index in [4.69, 9.17) is 17.3 Å². The van der Waals surface area contributed by atoms with Gasteiger partial charge in [0.25, 0.3) is 0 Å². The van der Waals surface area contributed by atoms with Crippen LogP contribution in [-0.4, -0.2) is 17.1 Å². The van der Waals surface area contributed by atoms with Crippen LogP contribution < -0.4 is 11.1 Å². The molecule has 3 rings (SSSR count). The number of benzene rings is 1. The minimum atomic E-state index is -0.0172. The first-order valence-electron chi connectivity index (χ1n) is 7.59. The van der Waals surface area contributed by atoms with Gasteiger partial charge in [0.2, 0.25) is 5.91 Å². The number of anilines is 1. The number of nitrogens with one attached hydrogen (secondary N) is 1. The summed E-state index contributed by atoms with van der Waals surface area (Å²) in [6, 6.07) is 4.97. The van der Waals surface area contributed by atoms with Gasteiger partial charge in [-0.1, -0.05) is 18.0 Å². The molecule has 1 aromatic rings. The predicted molar refractivity (Wildman–Crippen MR) is 90.5 cm³/mol. The second-order valence-electron chi connectivity index (χ2n) is 6.35. The summed E-state index contributed by atoms with van der Waals surface area (Å²) in [5, 5.41) is 13.1. The SMILES string of the molecule is Cl.NC1C2CCCC1CC(C(=O)Nc1ccc(Cl)cc1O)C2. The van der Waals surface area contributed by atoms with Gasteiger partial charge in [-0.05, 0) is 49.7 Å². The Bertz CT molecular complexity index is 539. The Hall–Kier alpha value is -0.970. The lowest BCUT2D eigenvalue weighted by molar-refractivity contribution is -0.122. The maximum atomic E-state index is 12.4. The zero-order chi connectivity index (χ0) is 15.0. The van der Waals surface area contributed by atoms with Gasteiger partial charge in [-0.3, -0.25) is 4.79 Å². The number of phenols is 1. The van der Waals surface area contributed by atoms with Crippen LogP contribution in [0.1, 0.15) is 32.1 Å². The van der Waals surface area contributed by atoms with Gasteiger partial charge in [-0.25, -0.2) is 0 Å². The molecule has 2 aliphatic rings. The highest BCUT2D eigenvalue weighted by molar-refractivity contribution is 6.30. The second-order valence-corrected chi connectivity index (χ2v) is 6.78. The number of rotatable bonds is 2. The van der Waals surface area contributed by atoms with E-state index in [1.54, 1.807) is 12.1 Å². The summed E-state index contributed by atoms with van der Waals surface area (Å²) in [5.74, 6) is 0.911. The third-order valence-electron chi connectivity index (χ3n) is 5.00. The van der Waals surface area contributed by atoms with Crippen molar-refractivity contribution in [3.63, 3.8) is 0 Å². The zero-order valence-corrected chi connectivity index (χ0v) is 13.9. The monoisotopic (exact) mass is 344 g/mol. The molecule has 1 aromatic carbocycles. The molecule has 0 radical (unpaired) electrons. The molecule has 6 heteroatoms. The van der Waals surface area contributed by atoms with Crippen LogP contribution in [0.5, 0.6) is 5.75 Å². The fourth-order valence-electron chi connectivity index (χ4n) is 3.85. The van der Waals surface area contributed by atoms with E-state index in [-0.39, 0.29) is 36.0 Å². The van der Waals surface area contributed by atoms with E-state index in [1.165, 1.54) is 12.5 Å². The van der Waals surface area contributed by atoms with E-state index in [0.717, 1.165) is 25.7 Å². The zero-order valence-electron chi connectivity index (χ0n) is 12.3. The van der Waals surface area contributed by atoms with Crippen molar-refractivity contribution in [3.8, 4) is 5.75 Å². The molecule has 2 unspecified atom stereocenters. The first kappa shape index (κ1) is 17.4. The van der Waals surface area contributed by atoms with E-state index >= 15 is 0 Å². The molecule has 2 atom stereocenters. The lowest BCUT2D eigenvalue weighted by Crippen LogP contribution is -2.48. The van der Waals surface area contributed by atoms with E-state index < -0.39 is 0 Å². The number of carbonyl (C=O) groups is 1. The maximum absolute atomic E-state index is 12.4. The lowest BCUT2D eigenvalue weighted by Gasteiger charge is -2.43. The van der Waals surface area contributed by atoms with Gasteiger partial charge in [0.15, 0.2) is 0 Å². The van der Waals surface area contributed by atoms with Crippen LogP contribution in [0.3, 0.4) is 0 Å². The fraction of sp³-hybridized carbons (Fsp3) is 0.562. The van der Waals surface area contributed by atoms with Crippen LogP contribution in [0.15, 0.2) is 18.2 Å². The quantitative estimate of drug-likeness (QED) is 0.718. The van der Waals surface area contributed by atoms with Crippen LogP contribution >= 0.6 is 24.0 Å². The minimum Gasteiger partial charge on any atom is -0.506 e. The standard InChI is InChI=1S/C16H21ClN2O2.ClH/c17-12-4-5-13(14(20)8-12)19-16(21)11-6-9-2-1-3-10(7-11)15(9)18;/h4-5,8-11,15,20H,1-3,6-7,18H2,(H,19,21);1H. The number of hydrogen-bond donors (Lipinski definition) is 3. The van der Waals surface area contributed by atoms with Crippen molar-refractivity contribution in [3.05, 3.63) is 23.2 Å². The molecule has 2 saturated carbocycles. The number of aromatic hydroxyl groups is 1. The molecule has 2 bridgehead atoms. The summed E-state index contributed by atoms with van der Waals surface area (Å²) in [6.45, 7) is 0. The number of hydrogen-bond acceptors (Lipinski definition) is 3. The molecule has 2 aliphatic carbocycles. The van der Waals surface area contributed by atoms with Crippen molar-refractivity contribution in [2.24, 2.45) is 23.5 Å². The molecule has 1 amide bonds. The molecule has 0 heterocycles. The first-order chi connectivity index (χ1) is 10.0. The van der Waals surface area contributed by atoms with Crippen molar-refractivity contribution < 1.29 is 9.90 Å². The van der Waals surface area contributed by atoms with Crippen molar-refractivity contribution in [2.75, 3.05) is 5.32 Å². The number of phenolic OH excluding ortho intramolecular Hbond substituents is 1. The van der Waals surface area contributed by atoms with Gasteiger partial charge in [0, 0.05) is 23.0 Å². The highest BCUT2D eigenvalue weighted by Crippen LogP contribution is 2.42. The molecule has 0 spiro atoms. The highest BCUT2D eigenvalue weighted by Gasteiger charge is 2.40. The molecule has 2 fully saturated rings. The number of carbonyl (C=O) groups excluding carboxylic acids is 1. The van der Waals surface area contributed by atoms with E-state index in [1.807, 2.05) is 0 Å². The Labute approximate surface area is 141 Å². The van der Waals surface area contributed by atoms with Gasteiger partial charge >= 0.3 is 0 Å². The van der Waals surface area contributed by atoms with E-state index in [0.29, 0.717) is 22.5 Å². The lowest BCUT2D eigenvalue weighted by atomic mass is 9.65. The molecular formula is C16H22Cl2N2O2. The van der Waals surface area contributed by atoms with Crippen LogP contribution in [-0.2, 0) is 4.79 Å². The molecular weight excluding hydrogens is 323 g/mol. The van der Waals surface area contributed by atoms with Crippen molar-refractivity contribution in [1.82, 2.24) is 0 Å². The van der Waals surface area contributed by atoms with Gasteiger partial charge in [0.05, 0.1) is 5.69 Å². The topological polar surface area (TPSA) is 75.4 Å². The van der Waals surface area contributed by atoms with Crippen LogP contribution in [0, 0.1) is 17.8 Å². The molecule has 4 N–H and O–H groups in total. The Morgan fingerprint density at radius 1 is 1.27 bits per heavy atom. The Morgan fingerprint density at radius 2 is 1.91 bits per heavy atom. The minimum absolute atomic E-state index is 0. The Balaban J connectivity index is 0.00000176. The van der Waals surface area contributed by atoms with Crippen LogP contribution in [0.4, 0.5) is 5.69 Å². The van der Waals surface area contributed by atoms with Crippen molar-refractivity contribution >= 4 is 35.6 Å². The average molecular weight is 345 g/mol.